The lowest BCUT2D eigenvalue weighted by Gasteiger charge is -2.32. The fraction of sp³-hybridized carbons (Fsp3) is 0.312. The minimum absolute atomic E-state index is 0.172. The van der Waals surface area contributed by atoms with Crippen molar-refractivity contribution < 1.29 is 9.53 Å². The van der Waals surface area contributed by atoms with Gasteiger partial charge in [-0.05, 0) is 18.9 Å². The van der Waals surface area contributed by atoms with Crippen LogP contribution in [0.4, 0.5) is 5.95 Å². The Balaban J connectivity index is 1.95. The van der Waals surface area contributed by atoms with Gasteiger partial charge in [0.05, 0.1) is 7.11 Å². The van der Waals surface area contributed by atoms with E-state index in [0.29, 0.717) is 12.4 Å². The Morgan fingerprint density at radius 3 is 3.05 bits per heavy atom. The average molecular weight is 296 g/mol. The molecule has 0 saturated heterocycles. The monoisotopic (exact) mass is 296 g/mol. The summed E-state index contributed by atoms with van der Waals surface area (Å²) in [5.74, 6) is 1.59. The van der Waals surface area contributed by atoms with Crippen molar-refractivity contribution >= 4 is 11.7 Å². The molecule has 6 nitrogen and oxygen atoms in total. The molecule has 0 fully saturated rings. The fourth-order valence-corrected chi connectivity index (χ4v) is 3.28. The molecule has 2 heterocycles. The molecule has 0 saturated carbocycles. The number of nitrogens with zero attached hydrogens (tertiary/aromatic N) is 3. The molecule has 0 unspecified atom stereocenters. The molecule has 1 N–H and O–H groups in total. The number of aromatic nitrogens is 3. The van der Waals surface area contributed by atoms with Crippen molar-refractivity contribution in [2.45, 2.75) is 25.3 Å². The largest absolute Gasteiger partial charge is 0.496 e. The van der Waals surface area contributed by atoms with E-state index in [0.717, 1.165) is 35.4 Å². The van der Waals surface area contributed by atoms with Gasteiger partial charge in [-0.15, -0.1) is 0 Å². The van der Waals surface area contributed by atoms with Crippen LogP contribution in [0.3, 0.4) is 0 Å². The maximum Gasteiger partial charge on any atom is 0.226 e. The third-order valence-corrected chi connectivity index (χ3v) is 4.24. The normalized spacial score (nSPS) is 20.2. The number of allylic oxidation sites excluding steroid dienone is 2. The molecule has 1 aromatic carbocycles. The van der Waals surface area contributed by atoms with E-state index in [1.165, 1.54) is 6.33 Å². The number of hydrogen-bond donors (Lipinski definition) is 1. The summed E-state index contributed by atoms with van der Waals surface area (Å²) in [4.78, 5) is 16.8. The molecular weight excluding hydrogens is 280 g/mol. The van der Waals surface area contributed by atoms with Crippen LogP contribution in [0.15, 0.2) is 41.9 Å². The first-order valence-electron chi connectivity index (χ1n) is 7.35. The number of rotatable bonds is 2. The first-order valence-corrected chi connectivity index (χ1v) is 7.35. The highest BCUT2D eigenvalue weighted by atomic mass is 16.5. The minimum atomic E-state index is -0.280. The first kappa shape index (κ1) is 13.1. The number of fused-ring (bicyclic) bond motifs is 1. The van der Waals surface area contributed by atoms with Crippen molar-refractivity contribution in [2.75, 3.05) is 12.4 Å². The number of methoxy groups -OCH3 is 1. The molecule has 1 atom stereocenters. The van der Waals surface area contributed by atoms with Gasteiger partial charge in [0.15, 0.2) is 5.78 Å². The number of nitrogens with one attached hydrogen (secondary N) is 1. The van der Waals surface area contributed by atoms with Crippen LogP contribution in [0.2, 0.25) is 0 Å². The quantitative estimate of drug-likeness (QED) is 0.921. The van der Waals surface area contributed by atoms with E-state index in [2.05, 4.69) is 15.4 Å². The summed E-state index contributed by atoms with van der Waals surface area (Å²) < 4.78 is 7.25. The van der Waals surface area contributed by atoms with Crippen LogP contribution in [-0.2, 0) is 4.79 Å². The van der Waals surface area contributed by atoms with E-state index in [1.807, 2.05) is 24.3 Å². The summed E-state index contributed by atoms with van der Waals surface area (Å²) in [7, 11) is 1.64. The number of carbonyl (C=O) groups is 1. The van der Waals surface area contributed by atoms with Crippen molar-refractivity contribution in [3.63, 3.8) is 0 Å². The molecule has 4 rings (SSSR count). The van der Waals surface area contributed by atoms with E-state index in [4.69, 9.17) is 4.74 Å². The average Bonchev–Trinajstić information content (AvgIpc) is 3.01. The predicted octanol–water partition coefficient (Wildman–Crippen LogP) is 2.31. The highest BCUT2D eigenvalue weighted by Crippen LogP contribution is 2.42. The predicted molar refractivity (Wildman–Crippen MR) is 80.7 cm³/mol. The molecule has 0 radical (unpaired) electrons. The van der Waals surface area contributed by atoms with Crippen LogP contribution in [-0.4, -0.2) is 27.7 Å². The van der Waals surface area contributed by atoms with Crippen LogP contribution in [0.1, 0.15) is 30.9 Å². The van der Waals surface area contributed by atoms with Gasteiger partial charge in [0.1, 0.15) is 18.1 Å². The van der Waals surface area contributed by atoms with E-state index < -0.39 is 0 Å². The van der Waals surface area contributed by atoms with Crippen LogP contribution in [0.25, 0.3) is 0 Å². The molecular formula is C16H16N4O2. The van der Waals surface area contributed by atoms with Gasteiger partial charge in [0.2, 0.25) is 5.95 Å². The molecule has 0 amide bonds. The molecule has 0 bridgehead atoms. The first-order chi connectivity index (χ1) is 10.8. The van der Waals surface area contributed by atoms with Gasteiger partial charge < -0.3 is 10.1 Å². The lowest BCUT2D eigenvalue weighted by Crippen LogP contribution is -2.31. The zero-order valence-corrected chi connectivity index (χ0v) is 12.2. The Morgan fingerprint density at radius 2 is 2.18 bits per heavy atom. The number of Topliss-reactive ketones (excluding diaryl/α,β-unsaturated/α-hetero) is 1. The number of ether oxygens (including phenoxy) is 1. The van der Waals surface area contributed by atoms with Crippen LogP contribution in [0, 0.1) is 0 Å². The van der Waals surface area contributed by atoms with Gasteiger partial charge in [-0.2, -0.15) is 10.1 Å². The Hall–Kier alpha value is -2.63. The van der Waals surface area contributed by atoms with Gasteiger partial charge in [0, 0.05) is 23.3 Å². The second-order valence-corrected chi connectivity index (χ2v) is 5.47. The molecule has 6 heteroatoms. The van der Waals surface area contributed by atoms with Gasteiger partial charge in [-0.3, -0.25) is 4.79 Å². The molecule has 22 heavy (non-hydrogen) atoms. The molecule has 1 aromatic heterocycles. The van der Waals surface area contributed by atoms with Gasteiger partial charge in [-0.25, -0.2) is 4.68 Å². The van der Waals surface area contributed by atoms with Crippen molar-refractivity contribution in [1.29, 1.82) is 0 Å². The number of para-hydroxylation sites is 1. The zero-order valence-electron chi connectivity index (χ0n) is 12.2. The van der Waals surface area contributed by atoms with E-state index >= 15 is 0 Å². The molecule has 2 aliphatic rings. The van der Waals surface area contributed by atoms with Crippen LogP contribution >= 0.6 is 0 Å². The maximum atomic E-state index is 12.5. The van der Waals surface area contributed by atoms with Gasteiger partial charge in [0.25, 0.3) is 0 Å². The fourth-order valence-electron chi connectivity index (χ4n) is 3.28. The Bertz CT molecular complexity index is 778. The van der Waals surface area contributed by atoms with Crippen molar-refractivity contribution in [3.05, 3.63) is 47.4 Å². The molecule has 1 aliphatic heterocycles. The summed E-state index contributed by atoms with van der Waals surface area (Å²) in [6.45, 7) is 0. The highest BCUT2D eigenvalue weighted by molar-refractivity contribution is 5.99. The smallest absolute Gasteiger partial charge is 0.226 e. The third-order valence-electron chi connectivity index (χ3n) is 4.24. The molecule has 112 valence electrons. The van der Waals surface area contributed by atoms with Crippen LogP contribution < -0.4 is 10.1 Å². The summed E-state index contributed by atoms with van der Waals surface area (Å²) in [6.07, 6.45) is 3.82. The number of ketones is 1. The summed E-state index contributed by atoms with van der Waals surface area (Å²) in [5.41, 5.74) is 2.68. The molecule has 2 aromatic rings. The standard InChI is InChI=1S/C16H16N4O2/c1-22-13-8-3-2-5-10(13)15-14-11(6-4-7-12(14)21)19-16-17-9-18-20(15)16/h2-3,5,8-9,15H,4,6-7H2,1H3,(H,17,18,19)/t15-/m0/s1. The molecule has 0 spiro atoms. The van der Waals surface area contributed by atoms with Crippen molar-refractivity contribution in [1.82, 2.24) is 14.8 Å². The SMILES string of the molecule is COc1ccccc1[C@H]1C2=C(CCCC2=O)Nc2ncnn21. The van der Waals surface area contributed by atoms with E-state index in [9.17, 15) is 4.79 Å². The maximum absolute atomic E-state index is 12.5. The Labute approximate surface area is 127 Å². The number of hydrogen-bond acceptors (Lipinski definition) is 5. The Kier molecular flexibility index (Phi) is 2.96. The lowest BCUT2D eigenvalue weighted by atomic mass is 9.85. The van der Waals surface area contributed by atoms with E-state index in [-0.39, 0.29) is 11.8 Å². The van der Waals surface area contributed by atoms with Gasteiger partial charge >= 0.3 is 0 Å². The zero-order chi connectivity index (χ0) is 15.1. The Morgan fingerprint density at radius 1 is 1.32 bits per heavy atom. The second-order valence-electron chi connectivity index (χ2n) is 5.47. The van der Waals surface area contributed by atoms with Gasteiger partial charge in [-0.1, -0.05) is 18.2 Å². The minimum Gasteiger partial charge on any atom is -0.496 e. The van der Waals surface area contributed by atoms with E-state index in [1.54, 1.807) is 11.8 Å². The summed E-state index contributed by atoms with van der Waals surface area (Å²) in [6, 6.07) is 7.47. The number of benzene rings is 1. The lowest BCUT2D eigenvalue weighted by molar-refractivity contribution is -0.116. The summed E-state index contributed by atoms with van der Waals surface area (Å²) >= 11 is 0. The number of anilines is 1. The highest BCUT2D eigenvalue weighted by Gasteiger charge is 2.37. The summed E-state index contributed by atoms with van der Waals surface area (Å²) in [5, 5.41) is 7.57. The molecule has 1 aliphatic carbocycles. The second kappa shape index (κ2) is 4.98. The van der Waals surface area contributed by atoms with Crippen molar-refractivity contribution in [2.24, 2.45) is 0 Å². The van der Waals surface area contributed by atoms with Crippen molar-refractivity contribution in [3.8, 4) is 5.75 Å². The topological polar surface area (TPSA) is 69.0 Å². The van der Waals surface area contributed by atoms with Crippen LogP contribution in [0.5, 0.6) is 5.75 Å². The third kappa shape index (κ3) is 1.83. The number of carbonyl (C=O) groups excluding carboxylic acids is 1.